The van der Waals surface area contributed by atoms with Gasteiger partial charge in [-0.3, -0.25) is 9.78 Å². The molecule has 1 aromatic heterocycles. The standard InChI is InChI=1S/C13H20N2O/c1-10(11-6-8-14-9-7-11)15(5)12(16)13(2,3)4/h6-10H,1-5H3. The summed E-state index contributed by atoms with van der Waals surface area (Å²) in [4.78, 5) is 17.9. The molecule has 0 spiro atoms. The van der Waals surface area contributed by atoms with Gasteiger partial charge in [-0.25, -0.2) is 0 Å². The van der Waals surface area contributed by atoms with Crippen LogP contribution in [0.2, 0.25) is 0 Å². The first kappa shape index (κ1) is 12.7. The first-order chi connectivity index (χ1) is 7.34. The van der Waals surface area contributed by atoms with Gasteiger partial charge in [0.25, 0.3) is 0 Å². The van der Waals surface area contributed by atoms with Crippen LogP contribution < -0.4 is 0 Å². The third-order valence-electron chi connectivity index (χ3n) is 2.73. The summed E-state index contributed by atoms with van der Waals surface area (Å²) in [5.41, 5.74) is 0.769. The zero-order valence-corrected chi connectivity index (χ0v) is 10.7. The van der Waals surface area contributed by atoms with E-state index in [1.165, 1.54) is 0 Å². The van der Waals surface area contributed by atoms with Gasteiger partial charge in [0, 0.05) is 24.9 Å². The maximum absolute atomic E-state index is 12.1. The van der Waals surface area contributed by atoms with E-state index in [9.17, 15) is 4.79 Å². The summed E-state index contributed by atoms with van der Waals surface area (Å²) in [7, 11) is 1.85. The van der Waals surface area contributed by atoms with Gasteiger partial charge in [0.2, 0.25) is 5.91 Å². The lowest BCUT2D eigenvalue weighted by atomic mass is 9.93. The lowest BCUT2D eigenvalue weighted by Gasteiger charge is -2.31. The number of pyridine rings is 1. The van der Waals surface area contributed by atoms with Gasteiger partial charge in [-0.1, -0.05) is 20.8 Å². The Morgan fingerprint density at radius 3 is 2.25 bits per heavy atom. The van der Waals surface area contributed by atoms with Crippen LogP contribution in [-0.4, -0.2) is 22.8 Å². The monoisotopic (exact) mass is 220 g/mol. The van der Waals surface area contributed by atoms with Crippen molar-refractivity contribution in [2.45, 2.75) is 33.7 Å². The highest BCUT2D eigenvalue weighted by atomic mass is 16.2. The summed E-state index contributed by atoms with van der Waals surface area (Å²) in [6.45, 7) is 7.83. The fourth-order valence-electron chi connectivity index (χ4n) is 1.57. The SMILES string of the molecule is CC(c1ccncc1)N(C)C(=O)C(C)(C)C. The van der Waals surface area contributed by atoms with Crippen LogP contribution in [0, 0.1) is 5.41 Å². The van der Waals surface area contributed by atoms with Gasteiger partial charge < -0.3 is 4.90 Å². The molecule has 0 radical (unpaired) electrons. The maximum atomic E-state index is 12.1. The Kier molecular flexibility index (Phi) is 3.68. The normalized spacial score (nSPS) is 13.3. The number of hydrogen-bond donors (Lipinski definition) is 0. The van der Waals surface area contributed by atoms with Crippen LogP contribution in [0.4, 0.5) is 0 Å². The van der Waals surface area contributed by atoms with Crippen LogP contribution in [-0.2, 0) is 4.79 Å². The van der Waals surface area contributed by atoms with Crippen LogP contribution in [0.15, 0.2) is 24.5 Å². The predicted octanol–water partition coefficient (Wildman–Crippen LogP) is 2.65. The van der Waals surface area contributed by atoms with Crippen molar-refractivity contribution >= 4 is 5.91 Å². The van der Waals surface area contributed by atoms with Gasteiger partial charge in [-0.05, 0) is 24.6 Å². The quantitative estimate of drug-likeness (QED) is 0.767. The van der Waals surface area contributed by atoms with Crippen LogP contribution in [0.5, 0.6) is 0 Å². The molecule has 3 nitrogen and oxygen atoms in total. The lowest BCUT2D eigenvalue weighted by molar-refractivity contribution is -0.140. The molecule has 0 saturated heterocycles. The molecule has 1 atom stereocenters. The molecule has 0 aliphatic rings. The second kappa shape index (κ2) is 4.64. The minimum Gasteiger partial charge on any atom is -0.339 e. The van der Waals surface area contributed by atoms with E-state index in [1.54, 1.807) is 17.3 Å². The fraction of sp³-hybridized carbons (Fsp3) is 0.538. The van der Waals surface area contributed by atoms with Crippen molar-refractivity contribution in [2.75, 3.05) is 7.05 Å². The average molecular weight is 220 g/mol. The van der Waals surface area contributed by atoms with Crippen molar-refractivity contribution in [3.05, 3.63) is 30.1 Å². The molecule has 0 aliphatic carbocycles. The predicted molar refractivity (Wildman–Crippen MR) is 64.9 cm³/mol. The second-order valence-corrected chi connectivity index (χ2v) is 5.12. The maximum Gasteiger partial charge on any atom is 0.228 e. The molecule has 0 N–H and O–H groups in total. The van der Waals surface area contributed by atoms with Crippen molar-refractivity contribution < 1.29 is 4.79 Å². The largest absolute Gasteiger partial charge is 0.339 e. The van der Waals surface area contributed by atoms with Crippen LogP contribution >= 0.6 is 0 Å². The summed E-state index contributed by atoms with van der Waals surface area (Å²) in [6, 6.07) is 3.96. The molecular weight excluding hydrogens is 200 g/mol. The first-order valence-electron chi connectivity index (χ1n) is 5.51. The molecule has 0 bridgehead atoms. The van der Waals surface area contributed by atoms with E-state index in [0.717, 1.165) is 5.56 Å². The van der Waals surface area contributed by atoms with Gasteiger partial charge in [0.1, 0.15) is 0 Å². The molecule has 0 saturated carbocycles. The summed E-state index contributed by atoms with van der Waals surface area (Å²) in [5, 5.41) is 0. The second-order valence-electron chi connectivity index (χ2n) is 5.12. The molecule has 1 rings (SSSR count). The van der Waals surface area contributed by atoms with Gasteiger partial charge in [-0.2, -0.15) is 0 Å². The third-order valence-corrected chi connectivity index (χ3v) is 2.73. The van der Waals surface area contributed by atoms with E-state index >= 15 is 0 Å². The summed E-state index contributed by atoms with van der Waals surface area (Å²) in [5.74, 6) is 0.150. The zero-order chi connectivity index (χ0) is 12.3. The Bertz CT molecular complexity index is 354. The number of hydrogen-bond acceptors (Lipinski definition) is 2. The first-order valence-corrected chi connectivity index (χ1v) is 5.51. The molecular formula is C13H20N2O. The Labute approximate surface area is 97.5 Å². The van der Waals surface area contributed by atoms with E-state index < -0.39 is 0 Å². The zero-order valence-electron chi connectivity index (χ0n) is 10.7. The molecule has 0 aromatic carbocycles. The molecule has 1 heterocycles. The van der Waals surface area contributed by atoms with E-state index in [-0.39, 0.29) is 17.4 Å². The van der Waals surface area contributed by atoms with E-state index in [4.69, 9.17) is 0 Å². The van der Waals surface area contributed by atoms with Crippen molar-refractivity contribution in [2.24, 2.45) is 5.41 Å². The summed E-state index contributed by atoms with van der Waals surface area (Å²) >= 11 is 0. The average Bonchev–Trinajstić information content (AvgIpc) is 2.26. The molecule has 3 heteroatoms. The number of carbonyl (C=O) groups is 1. The van der Waals surface area contributed by atoms with E-state index in [0.29, 0.717) is 0 Å². The Balaban J connectivity index is 2.83. The minimum absolute atomic E-state index is 0.0784. The van der Waals surface area contributed by atoms with E-state index in [2.05, 4.69) is 4.98 Å². The number of aromatic nitrogens is 1. The van der Waals surface area contributed by atoms with E-state index in [1.807, 2.05) is 46.9 Å². The molecule has 0 aliphatic heterocycles. The number of carbonyl (C=O) groups excluding carboxylic acids is 1. The molecule has 1 aromatic rings. The highest BCUT2D eigenvalue weighted by molar-refractivity contribution is 5.81. The Morgan fingerprint density at radius 1 is 1.31 bits per heavy atom. The van der Waals surface area contributed by atoms with Gasteiger partial charge in [-0.15, -0.1) is 0 Å². The van der Waals surface area contributed by atoms with Gasteiger partial charge in [0.05, 0.1) is 6.04 Å². The van der Waals surface area contributed by atoms with Gasteiger partial charge in [0.15, 0.2) is 0 Å². The topological polar surface area (TPSA) is 33.2 Å². The molecule has 88 valence electrons. The molecule has 0 fully saturated rings. The third kappa shape index (κ3) is 2.81. The Hall–Kier alpha value is -1.38. The van der Waals surface area contributed by atoms with Crippen molar-refractivity contribution in [3.8, 4) is 0 Å². The van der Waals surface area contributed by atoms with Crippen molar-refractivity contribution in [1.82, 2.24) is 9.88 Å². The van der Waals surface area contributed by atoms with Crippen LogP contribution in [0.1, 0.15) is 39.3 Å². The molecule has 1 unspecified atom stereocenters. The minimum atomic E-state index is -0.337. The van der Waals surface area contributed by atoms with Crippen molar-refractivity contribution in [1.29, 1.82) is 0 Å². The summed E-state index contributed by atoms with van der Waals surface area (Å²) < 4.78 is 0. The number of rotatable bonds is 2. The Morgan fingerprint density at radius 2 is 1.81 bits per heavy atom. The fourth-order valence-corrected chi connectivity index (χ4v) is 1.57. The molecule has 16 heavy (non-hydrogen) atoms. The summed E-state index contributed by atoms with van der Waals surface area (Å²) in [6.07, 6.45) is 3.50. The van der Waals surface area contributed by atoms with Crippen LogP contribution in [0.3, 0.4) is 0 Å². The van der Waals surface area contributed by atoms with Gasteiger partial charge >= 0.3 is 0 Å². The number of nitrogens with zero attached hydrogens (tertiary/aromatic N) is 2. The number of amides is 1. The molecule has 1 amide bonds. The highest BCUT2D eigenvalue weighted by Gasteiger charge is 2.28. The highest BCUT2D eigenvalue weighted by Crippen LogP contribution is 2.24. The van der Waals surface area contributed by atoms with Crippen LogP contribution in [0.25, 0.3) is 0 Å². The smallest absolute Gasteiger partial charge is 0.228 e. The lowest BCUT2D eigenvalue weighted by Crippen LogP contribution is -2.38. The van der Waals surface area contributed by atoms with Crippen molar-refractivity contribution in [3.63, 3.8) is 0 Å².